The molecule has 1 aliphatic rings. The molecule has 1 saturated heterocycles. The van der Waals surface area contributed by atoms with Crippen LogP contribution in [0.15, 0.2) is 0 Å². The summed E-state index contributed by atoms with van der Waals surface area (Å²) in [5, 5.41) is 17.3. The van der Waals surface area contributed by atoms with Gasteiger partial charge in [-0.05, 0) is 0 Å². The van der Waals surface area contributed by atoms with Gasteiger partial charge in [0, 0.05) is 6.54 Å². The van der Waals surface area contributed by atoms with Crippen molar-refractivity contribution in [1.29, 1.82) is 0 Å². The lowest BCUT2D eigenvalue weighted by Crippen LogP contribution is -2.52. The number of aliphatic carboxylic acids is 1. The quantitative estimate of drug-likeness (QED) is 0.480. The van der Waals surface area contributed by atoms with E-state index in [1.165, 1.54) is 0 Å². The zero-order chi connectivity index (χ0) is 9.84. The van der Waals surface area contributed by atoms with Gasteiger partial charge < -0.3 is 19.8 Å². The maximum absolute atomic E-state index is 11.0. The van der Waals surface area contributed by atoms with Gasteiger partial charge in [0.25, 0.3) is 0 Å². The molecule has 6 nitrogen and oxygen atoms in total. The van der Waals surface area contributed by atoms with Crippen LogP contribution in [0.25, 0.3) is 0 Å². The first-order valence-corrected chi connectivity index (χ1v) is 3.89. The molecule has 1 heterocycles. The van der Waals surface area contributed by atoms with E-state index < -0.39 is 17.9 Å². The molecule has 2 N–H and O–H groups in total. The van der Waals surface area contributed by atoms with E-state index in [9.17, 15) is 9.59 Å². The molecule has 0 aliphatic carbocycles. The van der Waals surface area contributed by atoms with E-state index in [0.29, 0.717) is 6.61 Å². The third-order valence-corrected chi connectivity index (χ3v) is 1.88. The summed E-state index contributed by atoms with van der Waals surface area (Å²) < 4.78 is 4.99. The van der Waals surface area contributed by atoms with Gasteiger partial charge in [-0.3, -0.25) is 4.79 Å². The van der Waals surface area contributed by atoms with Crippen molar-refractivity contribution in [3.05, 3.63) is 0 Å². The lowest BCUT2D eigenvalue weighted by atomic mass is 10.2. The Labute approximate surface area is 74.7 Å². The summed E-state index contributed by atoms with van der Waals surface area (Å²) in [6, 6.07) is -0.530. The van der Waals surface area contributed by atoms with Gasteiger partial charge in [-0.2, -0.15) is 0 Å². The van der Waals surface area contributed by atoms with Crippen molar-refractivity contribution < 1.29 is 24.5 Å². The van der Waals surface area contributed by atoms with E-state index in [1.807, 2.05) is 0 Å². The van der Waals surface area contributed by atoms with Crippen molar-refractivity contribution in [2.75, 3.05) is 26.4 Å². The minimum absolute atomic E-state index is 0.190. The maximum Gasteiger partial charge on any atom is 0.394 e. The molecule has 1 unspecified atom stereocenters. The average Bonchev–Trinajstić information content (AvgIpc) is 2.16. The van der Waals surface area contributed by atoms with Gasteiger partial charge >= 0.3 is 11.9 Å². The summed E-state index contributed by atoms with van der Waals surface area (Å²) >= 11 is 0. The summed E-state index contributed by atoms with van der Waals surface area (Å²) in [7, 11) is 0. The Morgan fingerprint density at radius 1 is 1.54 bits per heavy atom. The van der Waals surface area contributed by atoms with Gasteiger partial charge in [0.15, 0.2) is 0 Å². The molecule has 74 valence electrons. The first-order valence-electron chi connectivity index (χ1n) is 3.89. The Morgan fingerprint density at radius 3 is 2.77 bits per heavy atom. The van der Waals surface area contributed by atoms with Crippen molar-refractivity contribution >= 4 is 11.9 Å². The highest BCUT2D eigenvalue weighted by atomic mass is 16.5. The fraction of sp³-hybridized carbons (Fsp3) is 0.714. The number of nitrogens with zero attached hydrogens (tertiary/aromatic N) is 1. The number of morpholine rings is 1. The average molecular weight is 189 g/mol. The van der Waals surface area contributed by atoms with Crippen LogP contribution in [0.1, 0.15) is 0 Å². The summed E-state index contributed by atoms with van der Waals surface area (Å²) in [6.45, 7) is 0.445. The van der Waals surface area contributed by atoms with Crippen LogP contribution in [0.2, 0.25) is 0 Å². The number of carboxylic acids is 1. The number of amides is 1. The van der Waals surface area contributed by atoms with Crippen molar-refractivity contribution in [2.24, 2.45) is 0 Å². The van der Waals surface area contributed by atoms with Gasteiger partial charge in [0.2, 0.25) is 0 Å². The minimum atomic E-state index is -1.50. The molecule has 1 atom stereocenters. The number of rotatable bonds is 1. The third-order valence-electron chi connectivity index (χ3n) is 1.88. The molecule has 0 aromatic rings. The second-order valence-electron chi connectivity index (χ2n) is 2.72. The summed E-state index contributed by atoms with van der Waals surface area (Å²) in [6.07, 6.45) is 0. The molecule has 0 aromatic heterocycles. The van der Waals surface area contributed by atoms with E-state index >= 15 is 0 Å². The van der Waals surface area contributed by atoms with E-state index in [2.05, 4.69) is 0 Å². The highest BCUT2D eigenvalue weighted by molar-refractivity contribution is 6.31. The largest absolute Gasteiger partial charge is 0.474 e. The van der Waals surface area contributed by atoms with Gasteiger partial charge in [-0.25, -0.2) is 4.79 Å². The number of aliphatic hydroxyl groups is 1. The van der Waals surface area contributed by atoms with Gasteiger partial charge in [0.1, 0.15) is 0 Å². The van der Waals surface area contributed by atoms with Crippen LogP contribution in [0.3, 0.4) is 0 Å². The molecule has 13 heavy (non-hydrogen) atoms. The number of hydrogen-bond donors (Lipinski definition) is 2. The molecule has 6 heteroatoms. The fourth-order valence-corrected chi connectivity index (χ4v) is 1.20. The molecule has 0 aromatic carbocycles. The maximum atomic E-state index is 11.0. The lowest BCUT2D eigenvalue weighted by molar-refractivity contribution is -0.161. The predicted octanol–water partition coefficient (Wildman–Crippen LogP) is -1.71. The standard InChI is InChI=1S/C7H11NO5/c9-3-5-4-13-2-1-8(5)6(10)7(11)12/h5,9H,1-4H2,(H,11,12). The molecule has 1 aliphatic heterocycles. The van der Waals surface area contributed by atoms with Gasteiger partial charge in [0.05, 0.1) is 25.9 Å². The summed E-state index contributed by atoms with van der Waals surface area (Å²) in [5.74, 6) is -2.48. The van der Waals surface area contributed by atoms with Crippen molar-refractivity contribution in [3.8, 4) is 0 Å². The molecule has 1 amide bonds. The predicted molar refractivity (Wildman–Crippen MR) is 41.0 cm³/mol. The normalized spacial score (nSPS) is 22.8. The molecule has 0 radical (unpaired) electrons. The minimum Gasteiger partial charge on any atom is -0.474 e. The van der Waals surface area contributed by atoms with Gasteiger partial charge in [-0.1, -0.05) is 0 Å². The van der Waals surface area contributed by atoms with Crippen LogP contribution in [0, 0.1) is 0 Å². The zero-order valence-electron chi connectivity index (χ0n) is 6.97. The number of aliphatic hydroxyl groups excluding tert-OH is 1. The first kappa shape index (κ1) is 9.94. The number of ether oxygens (including phenoxy) is 1. The van der Waals surface area contributed by atoms with Crippen molar-refractivity contribution in [3.63, 3.8) is 0 Å². The SMILES string of the molecule is O=C(O)C(=O)N1CCOCC1CO. The van der Waals surface area contributed by atoms with Crippen LogP contribution >= 0.6 is 0 Å². The van der Waals surface area contributed by atoms with E-state index in [0.717, 1.165) is 4.90 Å². The van der Waals surface area contributed by atoms with Crippen LogP contribution in [0.5, 0.6) is 0 Å². The highest BCUT2D eigenvalue weighted by Gasteiger charge is 2.30. The Balaban J connectivity index is 2.64. The monoisotopic (exact) mass is 189 g/mol. The Hall–Kier alpha value is -1.14. The number of carbonyl (C=O) groups is 2. The Bertz CT molecular complexity index is 217. The third kappa shape index (κ3) is 2.16. The van der Waals surface area contributed by atoms with Gasteiger partial charge in [-0.15, -0.1) is 0 Å². The molecular weight excluding hydrogens is 178 g/mol. The Kier molecular flexibility index (Phi) is 3.21. The fourth-order valence-electron chi connectivity index (χ4n) is 1.20. The van der Waals surface area contributed by atoms with E-state index in [-0.39, 0.29) is 19.8 Å². The van der Waals surface area contributed by atoms with E-state index in [4.69, 9.17) is 14.9 Å². The molecule has 0 bridgehead atoms. The zero-order valence-corrected chi connectivity index (χ0v) is 6.97. The topological polar surface area (TPSA) is 87.1 Å². The second-order valence-corrected chi connectivity index (χ2v) is 2.72. The molecule has 0 saturated carbocycles. The van der Waals surface area contributed by atoms with Crippen LogP contribution in [-0.4, -0.2) is 59.4 Å². The van der Waals surface area contributed by atoms with Crippen molar-refractivity contribution in [1.82, 2.24) is 4.90 Å². The first-order chi connectivity index (χ1) is 6.16. The number of hydrogen-bond acceptors (Lipinski definition) is 4. The highest BCUT2D eigenvalue weighted by Crippen LogP contribution is 2.06. The lowest BCUT2D eigenvalue weighted by Gasteiger charge is -2.33. The Morgan fingerprint density at radius 2 is 2.23 bits per heavy atom. The van der Waals surface area contributed by atoms with E-state index in [1.54, 1.807) is 0 Å². The summed E-state index contributed by atoms with van der Waals surface area (Å²) in [5.41, 5.74) is 0. The molecule has 0 spiro atoms. The molecule has 1 fully saturated rings. The van der Waals surface area contributed by atoms with Crippen molar-refractivity contribution in [2.45, 2.75) is 6.04 Å². The van der Waals surface area contributed by atoms with Crippen LogP contribution in [-0.2, 0) is 14.3 Å². The number of carbonyl (C=O) groups excluding carboxylic acids is 1. The second kappa shape index (κ2) is 4.20. The molecule has 1 rings (SSSR count). The number of carboxylic acid groups (broad SMARTS) is 1. The molecular formula is C7H11NO5. The van der Waals surface area contributed by atoms with Crippen LogP contribution in [0.4, 0.5) is 0 Å². The summed E-state index contributed by atoms with van der Waals surface area (Å²) in [4.78, 5) is 22.5. The van der Waals surface area contributed by atoms with Crippen LogP contribution < -0.4 is 0 Å². The smallest absolute Gasteiger partial charge is 0.394 e.